The molecule has 112 valence electrons. The summed E-state index contributed by atoms with van der Waals surface area (Å²) in [4.78, 5) is 12.1. The summed E-state index contributed by atoms with van der Waals surface area (Å²) < 4.78 is 0. The summed E-state index contributed by atoms with van der Waals surface area (Å²) in [6.45, 7) is 5.28. The zero-order chi connectivity index (χ0) is 15.9. The molecule has 1 aromatic rings. The monoisotopic (exact) mass is 287 g/mol. The number of hydrogen-bond donors (Lipinski definition) is 3. The van der Waals surface area contributed by atoms with Crippen molar-refractivity contribution >= 4 is 5.91 Å². The van der Waals surface area contributed by atoms with E-state index in [4.69, 9.17) is 10.4 Å². The summed E-state index contributed by atoms with van der Waals surface area (Å²) in [5.74, 6) is -0.449. The van der Waals surface area contributed by atoms with Gasteiger partial charge in [-0.2, -0.15) is 5.26 Å². The Morgan fingerprint density at radius 1 is 1.43 bits per heavy atom. The molecule has 0 bridgehead atoms. The second kappa shape index (κ2) is 7.46. The van der Waals surface area contributed by atoms with Gasteiger partial charge in [-0.05, 0) is 26.3 Å². The zero-order valence-electron chi connectivity index (χ0n) is 12.6. The van der Waals surface area contributed by atoms with Crippen LogP contribution < -0.4 is 10.6 Å². The molecule has 3 N–H and O–H groups in total. The van der Waals surface area contributed by atoms with Crippen LogP contribution in [0.3, 0.4) is 0 Å². The Balaban J connectivity index is 2.72. The van der Waals surface area contributed by atoms with Crippen molar-refractivity contribution in [2.45, 2.75) is 32.4 Å². The first-order valence-corrected chi connectivity index (χ1v) is 6.74. The van der Waals surface area contributed by atoms with Crippen molar-refractivity contribution in [2.75, 3.05) is 6.61 Å². The van der Waals surface area contributed by atoms with E-state index in [1.807, 2.05) is 43.3 Å². The average Bonchev–Trinajstić information content (AvgIpc) is 2.48. The lowest BCUT2D eigenvalue weighted by atomic mass is 10.1. The standard InChI is InChI=1S/C16H21N3O2/c1-12(13-7-5-4-6-8-13)19-15(21)14(9-17)10-18-16(2,3)11-20/h4-8,10,12,18,20H,11H2,1-3H3,(H,19,21)/b14-10-. The molecule has 0 aliphatic rings. The van der Waals surface area contributed by atoms with Crippen LogP contribution in [-0.2, 0) is 4.79 Å². The van der Waals surface area contributed by atoms with Crippen molar-refractivity contribution in [3.8, 4) is 6.07 Å². The Hall–Kier alpha value is -2.32. The minimum Gasteiger partial charge on any atom is -0.394 e. The minimum atomic E-state index is -0.590. The first kappa shape index (κ1) is 16.7. The molecule has 1 amide bonds. The fourth-order valence-electron chi connectivity index (χ4n) is 1.56. The molecule has 0 aromatic heterocycles. The van der Waals surface area contributed by atoms with Crippen molar-refractivity contribution in [2.24, 2.45) is 0 Å². The average molecular weight is 287 g/mol. The van der Waals surface area contributed by atoms with E-state index in [2.05, 4.69) is 10.6 Å². The third-order valence-electron chi connectivity index (χ3n) is 3.01. The summed E-state index contributed by atoms with van der Waals surface area (Å²) in [5, 5.41) is 23.8. The number of amides is 1. The zero-order valence-corrected chi connectivity index (χ0v) is 12.6. The van der Waals surface area contributed by atoms with Crippen LogP contribution >= 0.6 is 0 Å². The van der Waals surface area contributed by atoms with Gasteiger partial charge in [-0.25, -0.2) is 0 Å². The molecule has 0 heterocycles. The van der Waals surface area contributed by atoms with E-state index < -0.39 is 11.4 Å². The maximum absolute atomic E-state index is 12.1. The van der Waals surface area contributed by atoms with Gasteiger partial charge >= 0.3 is 0 Å². The molecule has 1 unspecified atom stereocenters. The molecule has 5 heteroatoms. The Morgan fingerprint density at radius 3 is 2.57 bits per heavy atom. The fraction of sp³-hybridized carbons (Fsp3) is 0.375. The molecule has 1 rings (SSSR count). The Kier molecular flexibility index (Phi) is 5.94. The molecule has 0 saturated carbocycles. The number of aliphatic hydroxyl groups excluding tert-OH is 1. The molecular formula is C16H21N3O2. The molecule has 21 heavy (non-hydrogen) atoms. The van der Waals surface area contributed by atoms with Crippen LogP contribution in [0.5, 0.6) is 0 Å². The van der Waals surface area contributed by atoms with Crippen LogP contribution in [0.15, 0.2) is 42.1 Å². The van der Waals surface area contributed by atoms with Gasteiger partial charge in [0, 0.05) is 6.20 Å². The summed E-state index contributed by atoms with van der Waals surface area (Å²) in [7, 11) is 0. The van der Waals surface area contributed by atoms with Gasteiger partial charge < -0.3 is 15.7 Å². The highest BCUT2D eigenvalue weighted by atomic mass is 16.3. The van der Waals surface area contributed by atoms with Crippen molar-refractivity contribution in [3.05, 3.63) is 47.7 Å². The van der Waals surface area contributed by atoms with Crippen LogP contribution in [0.25, 0.3) is 0 Å². The highest BCUT2D eigenvalue weighted by Gasteiger charge is 2.17. The van der Waals surface area contributed by atoms with Crippen molar-refractivity contribution in [1.29, 1.82) is 5.26 Å². The van der Waals surface area contributed by atoms with E-state index in [1.165, 1.54) is 6.20 Å². The van der Waals surface area contributed by atoms with Crippen molar-refractivity contribution in [1.82, 2.24) is 10.6 Å². The lowest BCUT2D eigenvalue weighted by molar-refractivity contribution is -0.117. The van der Waals surface area contributed by atoms with E-state index in [-0.39, 0.29) is 18.2 Å². The summed E-state index contributed by atoms with van der Waals surface area (Å²) >= 11 is 0. The first-order chi connectivity index (χ1) is 9.89. The number of aliphatic hydroxyl groups is 1. The van der Waals surface area contributed by atoms with Gasteiger partial charge in [0.2, 0.25) is 0 Å². The van der Waals surface area contributed by atoms with Gasteiger partial charge in [0.25, 0.3) is 5.91 Å². The van der Waals surface area contributed by atoms with Crippen LogP contribution in [0.2, 0.25) is 0 Å². The lowest BCUT2D eigenvalue weighted by Crippen LogP contribution is -2.40. The maximum atomic E-state index is 12.1. The van der Waals surface area contributed by atoms with Crippen molar-refractivity contribution < 1.29 is 9.90 Å². The predicted octanol–water partition coefficient (Wildman–Crippen LogP) is 1.63. The Bertz CT molecular complexity index is 544. The molecule has 0 aliphatic carbocycles. The first-order valence-electron chi connectivity index (χ1n) is 6.74. The second-order valence-corrected chi connectivity index (χ2v) is 5.46. The molecule has 1 atom stereocenters. The van der Waals surface area contributed by atoms with Gasteiger partial charge in [-0.3, -0.25) is 4.79 Å². The van der Waals surface area contributed by atoms with Crippen LogP contribution in [0.4, 0.5) is 0 Å². The smallest absolute Gasteiger partial charge is 0.263 e. The summed E-state index contributed by atoms with van der Waals surface area (Å²) in [6, 6.07) is 11.2. The van der Waals surface area contributed by atoms with E-state index in [9.17, 15) is 4.79 Å². The Morgan fingerprint density at radius 2 is 2.05 bits per heavy atom. The van der Waals surface area contributed by atoms with E-state index in [0.29, 0.717) is 0 Å². The number of nitrogens with one attached hydrogen (secondary N) is 2. The van der Waals surface area contributed by atoms with Crippen LogP contribution in [0, 0.1) is 11.3 Å². The summed E-state index contributed by atoms with van der Waals surface area (Å²) in [5.41, 5.74) is 0.346. The quantitative estimate of drug-likeness (QED) is 0.548. The highest BCUT2D eigenvalue weighted by Crippen LogP contribution is 2.12. The van der Waals surface area contributed by atoms with E-state index in [1.54, 1.807) is 13.8 Å². The molecule has 5 nitrogen and oxygen atoms in total. The number of carbonyl (C=O) groups excluding carboxylic acids is 1. The lowest BCUT2D eigenvalue weighted by Gasteiger charge is -2.22. The van der Waals surface area contributed by atoms with Crippen molar-refractivity contribution in [3.63, 3.8) is 0 Å². The number of hydrogen-bond acceptors (Lipinski definition) is 4. The largest absolute Gasteiger partial charge is 0.394 e. The number of rotatable bonds is 6. The molecule has 1 aromatic carbocycles. The number of nitrogens with zero attached hydrogens (tertiary/aromatic N) is 1. The maximum Gasteiger partial charge on any atom is 0.263 e. The fourth-order valence-corrected chi connectivity index (χ4v) is 1.56. The molecular weight excluding hydrogens is 266 g/mol. The molecule has 0 aliphatic heterocycles. The Labute approximate surface area is 125 Å². The number of carbonyl (C=O) groups is 1. The number of nitriles is 1. The van der Waals surface area contributed by atoms with Crippen LogP contribution in [0.1, 0.15) is 32.4 Å². The van der Waals surface area contributed by atoms with E-state index >= 15 is 0 Å². The van der Waals surface area contributed by atoms with Gasteiger partial charge in [0.05, 0.1) is 18.2 Å². The summed E-state index contributed by atoms with van der Waals surface area (Å²) in [6.07, 6.45) is 1.34. The third kappa shape index (κ3) is 5.28. The SMILES string of the molecule is CC(NC(=O)/C(C#N)=C\NC(C)(C)CO)c1ccccc1. The van der Waals surface area contributed by atoms with Gasteiger partial charge in [-0.1, -0.05) is 30.3 Å². The van der Waals surface area contributed by atoms with Crippen LogP contribution in [-0.4, -0.2) is 23.2 Å². The minimum absolute atomic E-state index is 0.0284. The molecule has 0 spiro atoms. The third-order valence-corrected chi connectivity index (χ3v) is 3.01. The molecule has 0 fully saturated rings. The topological polar surface area (TPSA) is 85.2 Å². The predicted molar refractivity (Wildman–Crippen MR) is 81.0 cm³/mol. The molecule has 0 saturated heterocycles. The van der Waals surface area contributed by atoms with Gasteiger partial charge in [-0.15, -0.1) is 0 Å². The second-order valence-electron chi connectivity index (χ2n) is 5.46. The van der Waals surface area contributed by atoms with Gasteiger partial charge in [0.1, 0.15) is 11.6 Å². The normalized spacial score (nSPS) is 13.2. The highest BCUT2D eigenvalue weighted by molar-refractivity contribution is 5.97. The molecule has 0 radical (unpaired) electrons. The van der Waals surface area contributed by atoms with Gasteiger partial charge in [0.15, 0.2) is 0 Å². The van der Waals surface area contributed by atoms with E-state index in [0.717, 1.165) is 5.56 Å². The number of benzene rings is 1.